The number of benzene rings is 2. The first-order valence-electron chi connectivity index (χ1n) is 6.71. The number of rotatable bonds is 3. The van der Waals surface area contributed by atoms with Crippen LogP contribution in [-0.2, 0) is 0 Å². The lowest BCUT2D eigenvalue weighted by Crippen LogP contribution is -1.94. The molecule has 22 heavy (non-hydrogen) atoms. The van der Waals surface area contributed by atoms with E-state index in [-0.39, 0.29) is 0 Å². The van der Waals surface area contributed by atoms with E-state index in [2.05, 4.69) is 15.2 Å². The van der Waals surface area contributed by atoms with E-state index in [9.17, 15) is 0 Å². The van der Waals surface area contributed by atoms with Crippen molar-refractivity contribution in [2.45, 2.75) is 6.92 Å². The van der Waals surface area contributed by atoms with E-state index < -0.39 is 0 Å². The molecule has 0 saturated heterocycles. The Bertz CT molecular complexity index is 812. The summed E-state index contributed by atoms with van der Waals surface area (Å²) in [5.41, 5.74) is 9.09. The number of hydrogen-bond donors (Lipinski definition) is 2. The molecule has 2 aromatic carbocycles. The van der Waals surface area contributed by atoms with Crippen molar-refractivity contribution in [1.82, 2.24) is 15.2 Å². The smallest absolute Gasteiger partial charge is 0.181 e. The fraction of sp³-hybridized carbons (Fsp3) is 0.125. The number of halogens is 1. The van der Waals surface area contributed by atoms with Crippen molar-refractivity contribution < 1.29 is 4.74 Å². The average Bonchev–Trinajstić information content (AvgIpc) is 3.00. The van der Waals surface area contributed by atoms with Gasteiger partial charge in [-0.3, -0.25) is 5.10 Å². The van der Waals surface area contributed by atoms with Crippen LogP contribution < -0.4 is 10.5 Å². The number of aromatic amines is 1. The Hall–Kier alpha value is -2.53. The summed E-state index contributed by atoms with van der Waals surface area (Å²) in [6.45, 7) is 2.04. The quantitative estimate of drug-likeness (QED) is 0.723. The van der Waals surface area contributed by atoms with Crippen LogP contribution in [0.5, 0.6) is 5.75 Å². The Morgan fingerprint density at radius 3 is 2.59 bits per heavy atom. The molecule has 1 aromatic heterocycles. The molecule has 0 aliphatic rings. The van der Waals surface area contributed by atoms with Crippen molar-refractivity contribution in [3.8, 4) is 28.5 Å². The van der Waals surface area contributed by atoms with Crippen molar-refractivity contribution in [1.29, 1.82) is 0 Å². The van der Waals surface area contributed by atoms with E-state index in [0.717, 1.165) is 5.56 Å². The third-order valence-electron chi connectivity index (χ3n) is 3.37. The van der Waals surface area contributed by atoms with E-state index >= 15 is 0 Å². The molecule has 0 aliphatic carbocycles. The number of nitrogen functional groups attached to an aromatic ring is 1. The largest absolute Gasteiger partial charge is 0.496 e. The Kier molecular flexibility index (Phi) is 3.73. The van der Waals surface area contributed by atoms with Gasteiger partial charge in [0.05, 0.1) is 23.4 Å². The van der Waals surface area contributed by atoms with Crippen LogP contribution in [0.15, 0.2) is 36.4 Å². The van der Waals surface area contributed by atoms with Gasteiger partial charge in [-0.25, -0.2) is 4.98 Å². The lowest BCUT2D eigenvalue weighted by molar-refractivity contribution is 0.416. The molecular weight excluding hydrogens is 300 g/mol. The van der Waals surface area contributed by atoms with Gasteiger partial charge in [0.2, 0.25) is 0 Å². The minimum atomic E-state index is 0.448. The third kappa shape index (κ3) is 2.63. The van der Waals surface area contributed by atoms with E-state index in [1.807, 2.05) is 31.2 Å². The Morgan fingerprint density at radius 1 is 1.18 bits per heavy atom. The normalized spacial score (nSPS) is 10.7. The fourth-order valence-electron chi connectivity index (χ4n) is 2.14. The maximum absolute atomic E-state index is 6.09. The molecule has 3 rings (SSSR count). The monoisotopic (exact) mass is 314 g/mol. The van der Waals surface area contributed by atoms with Crippen LogP contribution in [0.4, 0.5) is 5.69 Å². The van der Waals surface area contributed by atoms with Gasteiger partial charge in [0.25, 0.3) is 0 Å². The number of methoxy groups -OCH3 is 1. The van der Waals surface area contributed by atoms with E-state index in [4.69, 9.17) is 22.1 Å². The number of H-pyrrole nitrogens is 1. The first kappa shape index (κ1) is 14.4. The van der Waals surface area contributed by atoms with Crippen molar-refractivity contribution in [2.75, 3.05) is 12.8 Å². The van der Waals surface area contributed by atoms with Crippen molar-refractivity contribution >= 4 is 17.3 Å². The van der Waals surface area contributed by atoms with Gasteiger partial charge in [-0.15, -0.1) is 0 Å². The second-order valence-electron chi connectivity index (χ2n) is 4.95. The van der Waals surface area contributed by atoms with E-state index in [0.29, 0.717) is 33.7 Å². The van der Waals surface area contributed by atoms with Crippen LogP contribution in [-0.4, -0.2) is 22.3 Å². The number of ether oxygens (including phenoxy) is 1. The molecule has 5 nitrogen and oxygen atoms in total. The van der Waals surface area contributed by atoms with Gasteiger partial charge in [-0.05, 0) is 13.0 Å². The van der Waals surface area contributed by atoms with Crippen molar-refractivity contribution in [3.63, 3.8) is 0 Å². The molecule has 0 amide bonds. The maximum Gasteiger partial charge on any atom is 0.181 e. The highest BCUT2D eigenvalue weighted by molar-refractivity contribution is 6.33. The summed E-state index contributed by atoms with van der Waals surface area (Å²) >= 11 is 6.09. The molecule has 0 saturated carbocycles. The van der Waals surface area contributed by atoms with Crippen LogP contribution in [0.1, 0.15) is 5.56 Å². The zero-order valence-electron chi connectivity index (χ0n) is 12.2. The molecule has 0 radical (unpaired) electrons. The molecule has 0 spiro atoms. The summed E-state index contributed by atoms with van der Waals surface area (Å²) in [4.78, 5) is 4.51. The van der Waals surface area contributed by atoms with Crippen LogP contribution in [0, 0.1) is 6.92 Å². The second-order valence-corrected chi connectivity index (χ2v) is 5.35. The number of anilines is 1. The van der Waals surface area contributed by atoms with Gasteiger partial charge in [-0.1, -0.05) is 41.4 Å². The highest BCUT2D eigenvalue weighted by atomic mass is 35.5. The average molecular weight is 315 g/mol. The second kappa shape index (κ2) is 5.69. The zero-order chi connectivity index (χ0) is 15.7. The first-order valence-corrected chi connectivity index (χ1v) is 7.09. The van der Waals surface area contributed by atoms with E-state index in [1.54, 1.807) is 19.2 Å². The summed E-state index contributed by atoms with van der Waals surface area (Å²) < 4.78 is 5.34. The van der Waals surface area contributed by atoms with Crippen molar-refractivity contribution in [3.05, 3.63) is 47.0 Å². The van der Waals surface area contributed by atoms with Gasteiger partial charge in [0.15, 0.2) is 11.6 Å². The first-order chi connectivity index (χ1) is 10.6. The molecule has 0 aliphatic heterocycles. The SMILES string of the molecule is COc1cc(N)c(Cl)cc1-c1nc(-c2ccc(C)cc2)n[nH]1. The van der Waals surface area contributed by atoms with E-state index in [1.165, 1.54) is 5.56 Å². The highest BCUT2D eigenvalue weighted by Crippen LogP contribution is 2.35. The van der Waals surface area contributed by atoms with Crippen LogP contribution >= 0.6 is 11.6 Å². The Balaban J connectivity index is 2.04. The maximum atomic E-state index is 6.09. The number of hydrogen-bond acceptors (Lipinski definition) is 4. The topological polar surface area (TPSA) is 76.8 Å². The molecule has 112 valence electrons. The molecule has 0 fully saturated rings. The molecule has 6 heteroatoms. The van der Waals surface area contributed by atoms with Gasteiger partial charge >= 0.3 is 0 Å². The molecule has 0 bridgehead atoms. The van der Waals surface area contributed by atoms with Crippen LogP contribution in [0.25, 0.3) is 22.8 Å². The Labute approximate surface area is 133 Å². The standard InChI is InChI=1S/C16H15ClN4O/c1-9-3-5-10(6-4-9)15-19-16(21-20-15)11-7-12(17)13(18)8-14(11)22-2/h3-8H,18H2,1-2H3,(H,19,20,21). The van der Waals surface area contributed by atoms with Gasteiger partial charge < -0.3 is 10.5 Å². The van der Waals surface area contributed by atoms with Crippen LogP contribution in [0.3, 0.4) is 0 Å². The fourth-order valence-corrected chi connectivity index (χ4v) is 2.30. The number of nitrogens with zero attached hydrogens (tertiary/aromatic N) is 2. The summed E-state index contributed by atoms with van der Waals surface area (Å²) in [6, 6.07) is 11.4. The lowest BCUT2D eigenvalue weighted by Gasteiger charge is -2.08. The summed E-state index contributed by atoms with van der Waals surface area (Å²) in [6.07, 6.45) is 0. The molecule has 0 atom stereocenters. The molecular formula is C16H15ClN4O. The lowest BCUT2D eigenvalue weighted by atomic mass is 10.1. The highest BCUT2D eigenvalue weighted by Gasteiger charge is 2.14. The summed E-state index contributed by atoms with van der Waals surface area (Å²) in [5, 5.41) is 7.62. The number of nitrogens with one attached hydrogen (secondary N) is 1. The number of nitrogens with two attached hydrogens (primary N) is 1. The predicted octanol–water partition coefficient (Wildman–Crippen LogP) is 3.69. The summed E-state index contributed by atoms with van der Waals surface area (Å²) in [5.74, 6) is 1.79. The van der Waals surface area contributed by atoms with Gasteiger partial charge in [0.1, 0.15) is 5.75 Å². The van der Waals surface area contributed by atoms with Gasteiger partial charge in [0, 0.05) is 11.6 Å². The number of aryl methyl sites for hydroxylation is 1. The van der Waals surface area contributed by atoms with Crippen molar-refractivity contribution in [2.24, 2.45) is 0 Å². The Morgan fingerprint density at radius 2 is 1.91 bits per heavy atom. The minimum absolute atomic E-state index is 0.448. The number of aromatic nitrogens is 3. The molecule has 0 unspecified atom stereocenters. The molecule has 3 N–H and O–H groups in total. The van der Waals surface area contributed by atoms with Crippen LogP contribution in [0.2, 0.25) is 5.02 Å². The molecule has 1 heterocycles. The zero-order valence-corrected chi connectivity index (χ0v) is 13.0. The van der Waals surface area contributed by atoms with Gasteiger partial charge in [-0.2, -0.15) is 5.10 Å². The minimum Gasteiger partial charge on any atom is -0.496 e. The third-order valence-corrected chi connectivity index (χ3v) is 3.70. The molecule has 3 aromatic rings. The predicted molar refractivity (Wildman–Crippen MR) is 88.0 cm³/mol. The summed E-state index contributed by atoms with van der Waals surface area (Å²) in [7, 11) is 1.57.